The summed E-state index contributed by atoms with van der Waals surface area (Å²) in [5, 5.41) is 14.8. The van der Waals surface area contributed by atoms with E-state index in [0.717, 1.165) is 24.1 Å². The molecule has 36 heavy (non-hydrogen) atoms. The number of carbonyl (C=O) groups excluding carboxylic acids is 2. The fourth-order valence-electron chi connectivity index (χ4n) is 7.93. The molecule has 1 aromatic rings. The lowest BCUT2D eigenvalue weighted by atomic mass is 9.50. The number of hydrogen-bond acceptors (Lipinski definition) is 4. The summed E-state index contributed by atoms with van der Waals surface area (Å²) < 4.78 is 0. The molecule has 0 spiro atoms. The lowest BCUT2D eigenvalue weighted by Gasteiger charge is -2.59. The van der Waals surface area contributed by atoms with Crippen molar-refractivity contribution >= 4 is 23.2 Å². The fraction of sp³-hybridized carbons (Fsp3) is 0.655. The first-order chi connectivity index (χ1) is 16.8. The van der Waals surface area contributed by atoms with Crippen LogP contribution in [0.2, 0.25) is 0 Å². The predicted octanol–water partition coefficient (Wildman–Crippen LogP) is 6.83. The van der Waals surface area contributed by atoms with E-state index in [4.69, 9.17) is 0 Å². The highest BCUT2D eigenvalue weighted by Gasteiger charge is 2.58. The largest absolute Gasteiger partial charge is 0.326 e. The van der Waals surface area contributed by atoms with Crippen LogP contribution >= 0.6 is 0 Å². The number of allylic oxidation sites excluding steroid dienone is 2. The highest BCUT2D eigenvalue weighted by molar-refractivity contribution is 5.96. The molecule has 1 aromatic carbocycles. The van der Waals surface area contributed by atoms with Gasteiger partial charge in [0, 0.05) is 36.2 Å². The van der Waals surface area contributed by atoms with E-state index >= 15 is 0 Å². The van der Waals surface area contributed by atoms with E-state index in [2.05, 4.69) is 19.2 Å². The summed E-state index contributed by atoms with van der Waals surface area (Å²) in [4.78, 5) is 39.6. The monoisotopic (exact) mass is 493 g/mol. The predicted molar refractivity (Wildman–Crippen MR) is 140 cm³/mol. The number of nitrogens with one attached hydrogen (secondary N) is 1. The quantitative estimate of drug-likeness (QED) is 0.361. The molecule has 0 radical (unpaired) electrons. The zero-order valence-corrected chi connectivity index (χ0v) is 22.2. The van der Waals surface area contributed by atoms with Gasteiger partial charge in [-0.2, -0.15) is 0 Å². The Labute approximate surface area is 213 Å². The zero-order chi connectivity index (χ0) is 26.0. The van der Waals surface area contributed by atoms with Gasteiger partial charge < -0.3 is 5.32 Å². The van der Waals surface area contributed by atoms with Gasteiger partial charge in [-0.1, -0.05) is 47.1 Å². The number of carbonyl (C=O) groups is 2. The molecule has 0 unspecified atom stereocenters. The molecular formula is C29H39N3O4. The number of urea groups is 1. The number of piperidine rings is 1. The minimum Gasteiger partial charge on any atom is -0.302 e. The first kappa shape index (κ1) is 25.0. The third kappa shape index (κ3) is 3.95. The van der Waals surface area contributed by atoms with Crippen molar-refractivity contribution in [2.45, 2.75) is 85.0 Å². The SMILES string of the molecule is CC(C)(C)c1ccc(NC(=O)N2C[C@H]3[C@@H]4CCC[C@@]4(C)CC[C@@H]3[C@@]3(C)CCC(=O)C=C23)c([N+](=O)[O-])c1. The Hall–Kier alpha value is -2.70. The summed E-state index contributed by atoms with van der Waals surface area (Å²) in [7, 11) is 0. The van der Waals surface area contributed by atoms with Gasteiger partial charge in [-0.25, -0.2) is 4.79 Å². The molecule has 1 aliphatic heterocycles. The zero-order valence-electron chi connectivity index (χ0n) is 22.2. The molecule has 7 heteroatoms. The molecule has 0 bridgehead atoms. The summed E-state index contributed by atoms with van der Waals surface area (Å²) in [6, 6.07) is 4.66. The molecule has 2 saturated carbocycles. The normalized spacial score (nSPS) is 33.8. The molecule has 5 atom stereocenters. The lowest BCUT2D eigenvalue weighted by molar-refractivity contribution is -0.384. The van der Waals surface area contributed by atoms with Crippen molar-refractivity contribution in [1.82, 2.24) is 4.90 Å². The van der Waals surface area contributed by atoms with Crippen LogP contribution in [0.1, 0.15) is 85.1 Å². The third-order valence-corrected chi connectivity index (χ3v) is 10.0. The summed E-state index contributed by atoms with van der Waals surface area (Å²) in [6.07, 6.45) is 8.98. The molecule has 0 aromatic heterocycles. The number of likely N-dealkylation sites (tertiary alicyclic amines) is 1. The van der Waals surface area contributed by atoms with Crippen molar-refractivity contribution in [2.75, 3.05) is 11.9 Å². The number of ketones is 1. The minimum atomic E-state index is -0.435. The van der Waals surface area contributed by atoms with E-state index in [1.807, 2.05) is 26.8 Å². The molecule has 7 nitrogen and oxygen atoms in total. The smallest absolute Gasteiger partial charge is 0.302 e. The first-order valence-electron chi connectivity index (χ1n) is 13.5. The van der Waals surface area contributed by atoms with E-state index < -0.39 is 4.92 Å². The molecule has 2 amide bonds. The lowest BCUT2D eigenvalue weighted by Crippen LogP contribution is -2.59. The topological polar surface area (TPSA) is 92.6 Å². The van der Waals surface area contributed by atoms with Crippen molar-refractivity contribution in [2.24, 2.45) is 28.6 Å². The molecule has 3 fully saturated rings. The van der Waals surface area contributed by atoms with Gasteiger partial charge in [0.05, 0.1) is 4.92 Å². The summed E-state index contributed by atoms with van der Waals surface area (Å²) in [5.41, 5.74) is 1.56. The second kappa shape index (κ2) is 8.42. The summed E-state index contributed by atoms with van der Waals surface area (Å²) in [5.74, 6) is 1.46. The van der Waals surface area contributed by atoms with Gasteiger partial charge >= 0.3 is 6.03 Å². The van der Waals surface area contributed by atoms with E-state index in [1.165, 1.54) is 25.7 Å². The van der Waals surface area contributed by atoms with Crippen LogP contribution in [0.5, 0.6) is 0 Å². The Bertz CT molecular complexity index is 1150. The number of amides is 2. The number of fused-ring (bicyclic) bond motifs is 5. The minimum absolute atomic E-state index is 0.0562. The van der Waals surface area contributed by atoms with Crippen LogP contribution in [0.25, 0.3) is 0 Å². The number of rotatable bonds is 2. The van der Waals surface area contributed by atoms with Gasteiger partial charge in [-0.15, -0.1) is 0 Å². The Kier molecular flexibility index (Phi) is 5.84. The second-order valence-electron chi connectivity index (χ2n) is 13.2. The molecule has 1 N–H and O–H groups in total. The molecule has 1 saturated heterocycles. The van der Waals surface area contributed by atoms with Crippen LogP contribution in [0, 0.1) is 38.7 Å². The Morgan fingerprint density at radius 2 is 1.89 bits per heavy atom. The standard InChI is InChI=1S/C29H39N3O4/c1-27(2,3)18-8-9-23(24(15-18)32(35)36)30-26(34)31-17-20-21-7-6-12-28(21,4)13-11-22(20)29(5)14-10-19(33)16-25(29)31/h8-9,15-16,20-22H,6-7,10-14,17H2,1-5H3,(H,30,34)/t20-,21-,22-,28-,29+/m0/s1. The van der Waals surface area contributed by atoms with Gasteiger partial charge in [0.25, 0.3) is 5.69 Å². The molecule has 1 heterocycles. The summed E-state index contributed by atoms with van der Waals surface area (Å²) >= 11 is 0. The maximum Gasteiger partial charge on any atom is 0.326 e. The third-order valence-electron chi connectivity index (χ3n) is 10.0. The Morgan fingerprint density at radius 3 is 2.58 bits per heavy atom. The summed E-state index contributed by atoms with van der Waals surface area (Å²) in [6.45, 7) is 11.2. The molecule has 4 aliphatic rings. The Balaban J connectivity index is 1.50. The maximum atomic E-state index is 13.8. The van der Waals surface area contributed by atoms with Crippen molar-refractivity contribution in [3.05, 3.63) is 45.6 Å². The number of nitro benzene ring substituents is 1. The van der Waals surface area contributed by atoms with Crippen molar-refractivity contribution < 1.29 is 14.5 Å². The van der Waals surface area contributed by atoms with Crippen LogP contribution in [0.4, 0.5) is 16.2 Å². The van der Waals surface area contributed by atoms with Crippen LogP contribution < -0.4 is 5.32 Å². The highest BCUT2D eigenvalue weighted by Crippen LogP contribution is 2.64. The molecule has 5 rings (SSSR count). The number of anilines is 1. The number of hydrogen-bond donors (Lipinski definition) is 1. The number of nitrogens with zero attached hydrogens (tertiary/aromatic N) is 2. The van der Waals surface area contributed by atoms with Gasteiger partial charge in [0.15, 0.2) is 5.78 Å². The van der Waals surface area contributed by atoms with Gasteiger partial charge in [0.2, 0.25) is 0 Å². The average molecular weight is 494 g/mol. The highest BCUT2D eigenvalue weighted by atomic mass is 16.6. The van der Waals surface area contributed by atoms with Gasteiger partial charge in [0.1, 0.15) is 5.69 Å². The van der Waals surface area contributed by atoms with Crippen LogP contribution in [-0.4, -0.2) is 28.2 Å². The van der Waals surface area contributed by atoms with Crippen molar-refractivity contribution in [3.63, 3.8) is 0 Å². The number of benzene rings is 1. The van der Waals surface area contributed by atoms with E-state index in [9.17, 15) is 19.7 Å². The van der Waals surface area contributed by atoms with E-state index in [-0.39, 0.29) is 34.0 Å². The van der Waals surface area contributed by atoms with Crippen LogP contribution in [-0.2, 0) is 10.2 Å². The van der Waals surface area contributed by atoms with Crippen LogP contribution in [0.3, 0.4) is 0 Å². The van der Waals surface area contributed by atoms with Crippen LogP contribution in [0.15, 0.2) is 30.0 Å². The average Bonchev–Trinajstić information content (AvgIpc) is 3.20. The van der Waals surface area contributed by atoms with E-state index in [0.29, 0.717) is 36.1 Å². The first-order valence-corrected chi connectivity index (χ1v) is 13.5. The molecule has 194 valence electrons. The van der Waals surface area contributed by atoms with Crippen molar-refractivity contribution in [1.29, 1.82) is 0 Å². The van der Waals surface area contributed by atoms with Gasteiger partial charge in [-0.05, 0) is 72.3 Å². The van der Waals surface area contributed by atoms with E-state index in [1.54, 1.807) is 23.1 Å². The number of nitro groups is 1. The van der Waals surface area contributed by atoms with Crippen molar-refractivity contribution in [3.8, 4) is 0 Å². The van der Waals surface area contributed by atoms with Gasteiger partial charge in [-0.3, -0.25) is 19.8 Å². The maximum absolute atomic E-state index is 13.8. The second-order valence-corrected chi connectivity index (χ2v) is 13.2. The molecule has 3 aliphatic carbocycles. The Morgan fingerprint density at radius 1 is 1.14 bits per heavy atom. The molecular weight excluding hydrogens is 454 g/mol. The fourth-order valence-corrected chi connectivity index (χ4v) is 7.93.